The Morgan fingerprint density at radius 2 is 0.833 bits per heavy atom. The van der Waals surface area contributed by atoms with Crippen LogP contribution in [-0.4, -0.2) is 73.4 Å². The van der Waals surface area contributed by atoms with Crippen LogP contribution in [0.25, 0.3) is 0 Å². The van der Waals surface area contributed by atoms with Crippen LogP contribution in [0.4, 0.5) is 0 Å². The Bertz CT molecular complexity index is 1310. The Labute approximate surface area is 448 Å². The molecule has 3 unspecified atom stereocenters. The zero-order chi connectivity index (χ0) is 52.7. The molecule has 0 aliphatic rings. The molecule has 1 amide bonds. The summed E-state index contributed by atoms with van der Waals surface area (Å²) in [5.41, 5.74) is 0. The van der Waals surface area contributed by atoms with E-state index in [1.54, 1.807) is 0 Å². The van der Waals surface area contributed by atoms with Gasteiger partial charge in [-0.1, -0.05) is 287 Å². The number of unbranched alkanes of at least 4 members (excludes halogenated alkanes) is 36. The quantitative estimate of drug-likeness (QED) is 0.0243. The first kappa shape index (κ1) is 70.5. The Morgan fingerprint density at radius 1 is 0.486 bits per heavy atom. The number of allylic oxidation sites excluding steroid dienone is 8. The summed E-state index contributed by atoms with van der Waals surface area (Å²) >= 11 is 0. The smallest absolute Gasteiger partial charge is 0.391 e. The summed E-state index contributed by atoms with van der Waals surface area (Å²) in [5, 5.41) is 14.1. The summed E-state index contributed by atoms with van der Waals surface area (Å²) in [4.78, 5) is 23.4. The number of phosphoric acid groups is 1. The lowest BCUT2D eigenvalue weighted by Crippen LogP contribution is -2.46. The van der Waals surface area contributed by atoms with Crippen LogP contribution in [0.5, 0.6) is 0 Å². The first-order chi connectivity index (χ1) is 35.0. The largest absolute Gasteiger partial charge is 0.472 e. The van der Waals surface area contributed by atoms with Crippen molar-refractivity contribution < 1.29 is 32.9 Å². The molecule has 8 nitrogen and oxygen atoms in total. The van der Waals surface area contributed by atoms with E-state index in [-0.39, 0.29) is 19.1 Å². The van der Waals surface area contributed by atoms with Gasteiger partial charge in [-0.15, -0.1) is 0 Å². The lowest BCUT2D eigenvalue weighted by atomic mass is 10.0. The highest BCUT2D eigenvalue weighted by Gasteiger charge is 2.28. The maximum Gasteiger partial charge on any atom is 0.472 e. The van der Waals surface area contributed by atoms with Crippen molar-refractivity contribution >= 4 is 13.7 Å². The summed E-state index contributed by atoms with van der Waals surface area (Å²) in [5.74, 6) is -0.146. The average molecular weight is 1030 g/mol. The van der Waals surface area contributed by atoms with Gasteiger partial charge in [-0.2, -0.15) is 0 Å². The molecule has 0 fully saturated rings. The molecule has 0 aliphatic carbocycles. The molecule has 0 aromatic heterocycles. The minimum Gasteiger partial charge on any atom is -0.391 e. The fraction of sp³-hybridized carbons (Fsp3) is 0.857. The van der Waals surface area contributed by atoms with Crippen LogP contribution in [0, 0.1) is 0 Å². The zero-order valence-electron chi connectivity index (χ0n) is 48.4. The van der Waals surface area contributed by atoms with Gasteiger partial charge in [0.05, 0.1) is 39.9 Å². The molecular formula is C63H122N2O6P+. The van der Waals surface area contributed by atoms with Crippen molar-refractivity contribution in [3.63, 3.8) is 0 Å². The van der Waals surface area contributed by atoms with Crippen molar-refractivity contribution in [1.29, 1.82) is 0 Å². The third kappa shape index (κ3) is 56.2. The van der Waals surface area contributed by atoms with Gasteiger partial charge in [0.15, 0.2) is 0 Å². The summed E-state index contributed by atoms with van der Waals surface area (Å²) in [6, 6.07) is -0.766. The molecule has 0 aliphatic heterocycles. The Morgan fingerprint density at radius 3 is 1.22 bits per heavy atom. The molecule has 424 valence electrons. The summed E-state index contributed by atoms with van der Waals surface area (Å²) < 4.78 is 23.8. The standard InChI is InChI=1S/C63H121N2O6P/c1-6-8-10-12-14-16-18-20-22-24-26-28-30-31-32-33-35-36-38-40-42-44-46-48-50-52-54-56-62(66)61(60-71-72(68,69)70-59-58-65(3,4)5)64-63(67)57-55-53-51-49-47-45-43-41-39-37-34-29-27-25-23-21-19-17-15-13-11-9-7-2/h9,11,15,17,21,23,27,29,61-62,66H,6-8,10,12-14,16,18-20,22,24-26,28,30-60H2,1-5H3,(H-,64,67,68,69)/p+1/b11-9-,17-15-,23-21-,29-27-. The second-order valence-electron chi connectivity index (χ2n) is 22.4. The lowest BCUT2D eigenvalue weighted by Gasteiger charge is -2.26. The van der Waals surface area contributed by atoms with Crippen LogP contribution < -0.4 is 5.32 Å². The molecule has 0 heterocycles. The van der Waals surface area contributed by atoms with Gasteiger partial charge in [-0.25, -0.2) is 4.57 Å². The Hall–Kier alpha value is -1.54. The van der Waals surface area contributed by atoms with E-state index in [1.807, 2.05) is 21.1 Å². The molecule has 0 bridgehead atoms. The summed E-state index contributed by atoms with van der Waals surface area (Å²) in [6.07, 6.45) is 71.8. The summed E-state index contributed by atoms with van der Waals surface area (Å²) in [6.45, 7) is 4.81. The number of aliphatic hydroxyl groups excluding tert-OH is 1. The molecular weight excluding hydrogens is 912 g/mol. The van der Waals surface area contributed by atoms with E-state index in [0.29, 0.717) is 23.9 Å². The Balaban J connectivity index is 4.11. The molecule has 0 aromatic carbocycles. The van der Waals surface area contributed by atoms with Crippen LogP contribution in [0.15, 0.2) is 48.6 Å². The Kier molecular flexibility index (Phi) is 53.1. The number of aliphatic hydroxyl groups is 1. The number of carbonyl (C=O) groups is 1. The first-order valence-electron chi connectivity index (χ1n) is 31.0. The molecule has 72 heavy (non-hydrogen) atoms. The van der Waals surface area contributed by atoms with Gasteiger partial charge < -0.3 is 19.8 Å². The SMILES string of the molecule is CC/C=C\C/C=C\C/C=C\C/C=C\CCCCCCCCCCCCC(=O)NC(COP(=O)(O)OCC[N+](C)(C)C)C(O)CCCCCCCCCCCCCCCCCCCCCCCCCCCCC. The minimum atomic E-state index is -4.33. The van der Waals surface area contributed by atoms with Crippen molar-refractivity contribution in [3.05, 3.63) is 48.6 Å². The molecule has 3 atom stereocenters. The highest BCUT2D eigenvalue weighted by atomic mass is 31.2. The van der Waals surface area contributed by atoms with Crippen molar-refractivity contribution in [2.24, 2.45) is 0 Å². The second-order valence-corrected chi connectivity index (χ2v) is 23.9. The van der Waals surface area contributed by atoms with Crippen LogP contribution in [-0.2, 0) is 18.4 Å². The van der Waals surface area contributed by atoms with Crippen molar-refractivity contribution in [2.75, 3.05) is 40.9 Å². The number of phosphoric ester groups is 1. The second kappa shape index (κ2) is 54.3. The van der Waals surface area contributed by atoms with E-state index >= 15 is 0 Å². The molecule has 0 aromatic rings. The lowest BCUT2D eigenvalue weighted by molar-refractivity contribution is -0.870. The van der Waals surface area contributed by atoms with Gasteiger partial charge in [0.1, 0.15) is 13.2 Å². The number of hydrogen-bond donors (Lipinski definition) is 3. The van der Waals surface area contributed by atoms with E-state index in [4.69, 9.17) is 9.05 Å². The maximum atomic E-state index is 13.0. The van der Waals surface area contributed by atoms with Crippen LogP contribution in [0.2, 0.25) is 0 Å². The van der Waals surface area contributed by atoms with Gasteiger partial charge in [-0.3, -0.25) is 13.8 Å². The van der Waals surface area contributed by atoms with E-state index in [1.165, 1.54) is 205 Å². The van der Waals surface area contributed by atoms with Crippen molar-refractivity contribution in [1.82, 2.24) is 5.32 Å². The number of quaternary nitrogens is 1. The van der Waals surface area contributed by atoms with Gasteiger partial charge in [0.25, 0.3) is 0 Å². The molecule has 9 heteroatoms. The number of amides is 1. The number of hydrogen-bond acceptors (Lipinski definition) is 5. The molecule has 3 N–H and O–H groups in total. The molecule has 0 saturated heterocycles. The maximum absolute atomic E-state index is 13.0. The highest BCUT2D eigenvalue weighted by Crippen LogP contribution is 2.43. The monoisotopic (exact) mass is 1030 g/mol. The number of nitrogens with zero attached hydrogens (tertiary/aromatic N) is 1. The predicted molar refractivity (Wildman–Crippen MR) is 314 cm³/mol. The minimum absolute atomic E-state index is 0.0731. The summed E-state index contributed by atoms with van der Waals surface area (Å²) in [7, 11) is 1.62. The van der Waals surface area contributed by atoms with Crippen LogP contribution in [0.3, 0.4) is 0 Å². The molecule has 0 radical (unpaired) electrons. The average Bonchev–Trinajstić information content (AvgIpc) is 3.34. The third-order valence-corrected chi connectivity index (χ3v) is 15.1. The van der Waals surface area contributed by atoms with E-state index in [0.717, 1.165) is 64.2 Å². The van der Waals surface area contributed by atoms with E-state index in [9.17, 15) is 19.4 Å². The van der Waals surface area contributed by atoms with Gasteiger partial charge in [-0.05, 0) is 51.4 Å². The van der Waals surface area contributed by atoms with Gasteiger partial charge in [0, 0.05) is 6.42 Å². The zero-order valence-corrected chi connectivity index (χ0v) is 49.3. The normalized spacial score (nSPS) is 14.2. The van der Waals surface area contributed by atoms with E-state index in [2.05, 4.69) is 67.8 Å². The number of nitrogens with one attached hydrogen (secondary N) is 1. The fourth-order valence-electron chi connectivity index (χ4n) is 9.28. The van der Waals surface area contributed by atoms with Gasteiger partial charge in [0.2, 0.25) is 5.91 Å². The van der Waals surface area contributed by atoms with Crippen LogP contribution in [0.1, 0.15) is 296 Å². The molecule has 0 rings (SSSR count). The van der Waals surface area contributed by atoms with Gasteiger partial charge >= 0.3 is 7.82 Å². The van der Waals surface area contributed by atoms with Crippen LogP contribution >= 0.6 is 7.82 Å². The molecule has 0 saturated carbocycles. The topological polar surface area (TPSA) is 105 Å². The number of rotatable bonds is 57. The predicted octanol–water partition coefficient (Wildman–Crippen LogP) is 19.1. The third-order valence-electron chi connectivity index (χ3n) is 14.1. The highest BCUT2D eigenvalue weighted by molar-refractivity contribution is 7.47. The fourth-order valence-corrected chi connectivity index (χ4v) is 10.0. The number of carbonyl (C=O) groups excluding carboxylic acids is 1. The number of likely N-dealkylation sites (N-methyl/N-ethyl adjacent to an activating group) is 1. The van der Waals surface area contributed by atoms with E-state index < -0.39 is 20.0 Å². The first-order valence-corrected chi connectivity index (χ1v) is 32.5. The van der Waals surface area contributed by atoms with Crippen molar-refractivity contribution in [2.45, 2.75) is 309 Å². The van der Waals surface area contributed by atoms with Crippen molar-refractivity contribution in [3.8, 4) is 0 Å². The molecule has 0 spiro atoms.